The molecule has 3 atom stereocenters. The largest absolute Gasteiger partial charge is 0.508 e. The third-order valence-electron chi connectivity index (χ3n) is 5.90. The first-order valence-corrected chi connectivity index (χ1v) is 8.67. The molecule has 1 aliphatic heterocycles. The van der Waals surface area contributed by atoms with Gasteiger partial charge in [0.15, 0.2) is 5.78 Å². The predicted octanol–water partition coefficient (Wildman–Crippen LogP) is 2.22. The van der Waals surface area contributed by atoms with E-state index in [2.05, 4.69) is 18.7 Å². The summed E-state index contributed by atoms with van der Waals surface area (Å²) in [6.07, 6.45) is 0.979. The summed E-state index contributed by atoms with van der Waals surface area (Å²) >= 11 is 0. The summed E-state index contributed by atoms with van der Waals surface area (Å²) in [5.41, 5.74) is 1.70. The fraction of sp³-hybridized carbons (Fsp3) is 0.632. The van der Waals surface area contributed by atoms with Crippen LogP contribution in [-0.2, 0) is 14.9 Å². The molecule has 5 nitrogen and oxygen atoms in total. The third kappa shape index (κ3) is 2.85. The predicted molar refractivity (Wildman–Crippen MR) is 91.6 cm³/mol. The molecule has 5 heteroatoms. The summed E-state index contributed by atoms with van der Waals surface area (Å²) in [5, 5.41) is 9.86. The molecule has 2 bridgehead atoms. The van der Waals surface area contributed by atoms with Crippen molar-refractivity contribution in [1.82, 2.24) is 4.90 Å². The first-order valence-electron chi connectivity index (χ1n) is 8.67. The van der Waals surface area contributed by atoms with E-state index in [1.165, 1.54) is 0 Å². The molecule has 1 fully saturated rings. The molecule has 1 heterocycles. The Labute approximate surface area is 143 Å². The minimum absolute atomic E-state index is 0.0694. The van der Waals surface area contributed by atoms with Crippen molar-refractivity contribution in [2.75, 3.05) is 40.0 Å². The number of benzene rings is 1. The molecule has 2 aliphatic rings. The van der Waals surface area contributed by atoms with E-state index in [1.807, 2.05) is 0 Å². The Kier molecular flexibility index (Phi) is 4.95. The molecule has 0 radical (unpaired) electrons. The molecule has 1 aliphatic carbocycles. The summed E-state index contributed by atoms with van der Waals surface area (Å²) in [4.78, 5) is 15.3. The lowest BCUT2D eigenvalue weighted by Crippen LogP contribution is -2.61. The van der Waals surface area contributed by atoms with Gasteiger partial charge in [0.25, 0.3) is 0 Å². The summed E-state index contributed by atoms with van der Waals surface area (Å²) in [7, 11) is 1.66. The number of ketones is 1. The zero-order valence-electron chi connectivity index (χ0n) is 14.7. The highest BCUT2D eigenvalue weighted by atomic mass is 16.5. The van der Waals surface area contributed by atoms with Crippen LogP contribution in [0.4, 0.5) is 0 Å². The van der Waals surface area contributed by atoms with Gasteiger partial charge in [0.05, 0.1) is 25.9 Å². The van der Waals surface area contributed by atoms with E-state index in [4.69, 9.17) is 9.47 Å². The van der Waals surface area contributed by atoms with E-state index in [0.29, 0.717) is 19.8 Å². The van der Waals surface area contributed by atoms with E-state index in [-0.39, 0.29) is 28.9 Å². The van der Waals surface area contributed by atoms with E-state index >= 15 is 0 Å². The number of carbonyl (C=O) groups is 1. The molecule has 0 amide bonds. The number of likely N-dealkylation sites (tertiary alicyclic amines) is 1. The van der Waals surface area contributed by atoms with Gasteiger partial charge in [0.1, 0.15) is 5.75 Å². The summed E-state index contributed by atoms with van der Waals surface area (Å²) in [6, 6.07) is 5.07. The fourth-order valence-electron chi connectivity index (χ4n) is 4.24. The number of Topliss-reactive ketones (excluding diaryl/α,β-unsaturated/α-hetero) is 1. The van der Waals surface area contributed by atoms with Crippen LogP contribution < -0.4 is 0 Å². The van der Waals surface area contributed by atoms with Crippen LogP contribution in [0.2, 0.25) is 0 Å². The molecule has 24 heavy (non-hydrogen) atoms. The second-order valence-electron chi connectivity index (χ2n) is 7.14. The van der Waals surface area contributed by atoms with E-state index in [9.17, 15) is 9.90 Å². The lowest BCUT2D eigenvalue weighted by Gasteiger charge is -2.53. The highest BCUT2D eigenvalue weighted by Crippen LogP contribution is 2.49. The molecule has 1 N–H and O–H groups in total. The number of aromatic hydroxyl groups is 1. The van der Waals surface area contributed by atoms with Crippen LogP contribution in [0, 0.1) is 5.92 Å². The van der Waals surface area contributed by atoms with Gasteiger partial charge in [-0.2, -0.15) is 0 Å². The van der Waals surface area contributed by atoms with Crippen molar-refractivity contribution in [1.29, 1.82) is 0 Å². The van der Waals surface area contributed by atoms with E-state index in [0.717, 1.165) is 30.6 Å². The average Bonchev–Trinajstić information content (AvgIpc) is 2.56. The molecule has 0 spiro atoms. The first-order chi connectivity index (χ1) is 11.5. The van der Waals surface area contributed by atoms with Crippen molar-refractivity contribution in [3.8, 4) is 5.75 Å². The molecule has 0 unspecified atom stereocenters. The van der Waals surface area contributed by atoms with E-state index in [1.54, 1.807) is 25.3 Å². The van der Waals surface area contributed by atoms with Crippen LogP contribution in [0.3, 0.4) is 0 Å². The number of piperidine rings is 1. The Balaban J connectivity index is 1.80. The zero-order chi connectivity index (χ0) is 17.3. The van der Waals surface area contributed by atoms with Crippen LogP contribution in [-0.4, -0.2) is 61.9 Å². The highest BCUT2D eigenvalue weighted by Gasteiger charge is 2.52. The number of phenols is 1. The number of rotatable bonds is 6. The van der Waals surface area contributed by atoms with Gasteiger partial charge in [-0.05, 0) is 48.1 Å². The van der Waals surface area contributed by atoms with Gasteiger partial charge in [-0.1, -0.05) is 13.8 Å². The number of phenolic OH excluding ortho intramolecular Hbond substituents is 1. The second-order valence-corrected chi connectivity index (χ2v) is 7.14. The van der Waals surface area contributed by atoms with Crippen LogP contribution in [0.1, 0.15) is 36.2 Å². The molecule has 0 aromatic heterocycles. The Hall–Kier alpha value is -1.43. The monoisotopic (exact) mass is 333 g/mol. The lowest BCUT2D eigenvalue weighted by molar-refractivity contribution is 0.00608. The molecule has 1 saturated heterocycles. The van der Waals surface area contributed by atoms with Crippen molar-refractivity contribution in [3.05, 3.63) is 29.3 Å². The smallest absolute Gasteiger partial charge is 0.180 e. The molecular formula is C19H27NO4. The zero-order valence-corrected chi connectivity index (χ0v) is 14.7. The normalized spacial score (nSPS) is 29.5. The molecule has 132 valence electrons. The number of nitrogens with zero attached hydrogens (tertiary/aromatic N) is 1. The molecule has 0 saturated carbocycles. The maximum absolute atomic E-state index is 13.1. The van der Waals surface area contributed by atoms with Crippen molar-refractivity contribution < 1.29 is 19.4 Å². The number of hydrogen-bond acceptors (Lipinski definition) is 5. The lowest BCUT2D eigenvalue weighted by atomic mass is 9.58. The topological polar surface area (TPSA) is 59.0 Å². The molecular weight excluding hydrogens is 306 g/mol. The molecule has 1 aromatic rings. The van der Waals surface area contributed by atoms with Gasteiger partial charge >= 0.3 is 0 Å². The van der Waals surface area contributed by atoms with Crippen molar-refractivity contribution in [3.63, 3.8) is 0 Å². The number of methoxy groups -OCH3 is 1. The second kappa shape index (κ2) is 6.82. The SMILES string of the molecule is COCCOCCN1CC[C@@]2(C)c3cc(O)ccc3C(=O)[C@@H]1[C@@H]2C. The number of ether oxygens (including phenoxy) is 2. The quantitative estimate of drug-likeness (QED) is 0.809. The Morgan fingerprint density at radius 2 is 2.12 bits per heavy atom. The highest BCUT2D eigenvalue weighted by molar-refractivity contribution is 6.03. The van der Waals surface area contributed by atoms with Gasteiger partial charge < -0.3 is 14.6 Å². The fourth-order valence-corrected chi connectivity index (χ4v) is 4.24. The number of carbonyl (C=O) groups excluding carboxylic acids is 1. The number of fused-ring (bicyclic) bond motifs is 4. The maximum Gasteiger partial charge on any atom is 0.180 e. The minimum Gasteiger partial charge on any atom is -0.508 e. The molecule has 1 aromatic carbocycles. The Morgan fingerprint density at radius 3 is 2.88 bits per heavy atom. The van der Waals surface area contributed by atoms with Gasteiger partial charge in [-0.15, -0.1) is 0 Å². The third-order valence-corrected chi connectivity index (χ3v) is 5.90. The van der Waals surface area contributed by atoms with Crippen LogP contribution >= 0.6 is 0 Å². The van der Waals surface area contributed by atoms with Gasteiger partial charge in [-0.25, -0.2) is 0 Å². The van der Waals surface area contributed by atoms with Crippen molar-refractivity contribution in [2.24, 2.45) is 5.92 Å². The van der Waals surface area contributed by atoms with Gasteiger partial charge in [0.2, 0.25) is 0 Å². The summed E-state index contributed by atoms with van der Waals surface area (Å²) in [6.45, 7) is 7.80. The van der Waals surface area contributed by atoms with E-state index < -0.39 is 0 Å². The van der Waals surface area contributed by atoms with Crippen LogP contribution in [0.5, 0.6) is 5.75 Å². The van der Waals surface area contributed by atoms with Gasteiger partial charge in [-0.3, -0.25) is 9.69 Å². The Bertz CT molecular complexity index is 617. The molecule has 3 rings (SSSR count). The average molecular weight is 333 g/mol. The number of hydrogen-bond donors (Lipinski definition) is 1. The van der Waals surface area contributed by atoms with Gasteiger partial charge in [0, 0.05) is 19.2 Å². The van der Waals surface area contributed by atoms with Crippen molar-refractivity contribution >= 4 is 5.78 Å². The first kappa shape index (κ1) is 17.4. The summed E-state index contributed by atoms with van der Waals surface area (Å²) < 4.78 is 10.6. The van der Waals surface area contributed by atoms with Crippen molar-refractivity contribution in [2.45, 2.75) is 31.7 Å². The standard InChI is InChI=1S/C19H27NO4/c1-13-17-18(22)15-5-4-14(21)12-16(15)19(13,2)6-7-20(17)8-9-24-11-10-23-3/h4-5,12-13,17,21H,6-11H2,1-3H3/t13-,17-,19+/m0/s1. The Morgan fingerprint density at radius 1 is 1.33 bits per heavy atom. The minimum atomic E-state index is -0.105. The summed E-state index contributed by atoms with van der Waals surface area (Å²) in [5.74, 6) is 0.626. The van der Waals surface area contributed by atoms with Crippen LogP contribution in [0.25, 0.3) is 0 Å². The maximum atomic E-state index is 13.1. The van der Waals surface area contributed by atoms with Crippen LogP contribution in [0.15, 0.2) is 18.2 Å².